The summed E-state index contributed by atoms with van der Waals surface area (Å²) < 4.78 is 0. The first-order valence-corrected chi connectivity index (χ1v) is 6.61. The fourth-order valence-electron chi connectivity index (χ4n) is 2.82. The molecule has 0 saturated carbocycles. The van der Waals surface area contributed by atoms with E-state index in [1.807, 2.05) is 11.8 Å². The molecule has 0 aromatic carbocycles. The van der Waals surface area contributed by atoms with Crippen LogP contribution in [0.5, 0.6) is 0 Å². The second-order valence-electron chi connectivity index (χ2n) is 5.14. The van der Waals surface area contributed by atoms with Crippen LogP contribution in [0.4, 0.5) is 4.79 Å². The molecule has 5 heteroatoms. The van der Waals surface area contributed by atoms with Crippen molar-refractivity contribution >= 4 is 6.03 Å². The minimum absolute atomic E-state index is 0.0660. The van der Waals surface area contributed by atoms with Crippen LogP contribution in [0, 0.1) is 0 Å². The number of nitrogens with one attached hydrogen (secondary N) is 1. The van der Waals surface area contributed by atoms with Crippen LogP contribution in [0.2, 0.25) is 0 Å². The predicted octanol–water partition coefficient (Wildman–Crippen LogP) is 0.247. The number of carbonyl (C=O) groups is 1. The van der Waals surface area contributed by atoms with Gasteiger partial charge in [-0.3, -0.25) is 4.90 Å². The van der Waals surface area contributed by atoms with Crippen molar-refractivity contribution < 1.29 is 9.90 Å². The van der Waals surface area contributed by atoms with Gasteiger partial charge in [0.05, 0.1) is 6.10 Å². The first-order valence-electron chi connectivity index (χ1n) is 6.61. The summed E-state index contributed by atoms with van der Waals surface area (Å²) in [6.07, 6.45) is 3.02. The monoisotopic (exact) mass is 241 g/mol. The Morgan fingerprint density at radius 1 is 1.47 bits per heavy atom. The molecule has 2 unspecified atom stereocenters. The van der Waals surface area contributed by atoms with E-state index in [0.29, 0.717) is 6.04 Å². The van der Waals surface area contributed by atoms with Crippen molar-refractivity contribution in [2.45, 2.75) is 38.3 Å². The molecule has 0 aliphatic carbocycles. The fourth-order valence-corrected chi connectivity index (χ4v) is 2.82. The average Bonchev–Trinajstić information content (AvgIpc) is 2.84. The average molecular weight is 241 g/mol. The van der Waals surface area contributed by atoms with Crippen molar-refractivity contribution in [2.24, 2.45) is 0 Å². The minimum Gasteiger partial charge on any atom is -0.393 e. The largest absolute Gasteiger partial charge is 0.393 e. The molecule has 2 heterocycles. The molecular weight excluding hydrogens is 218 g/mol. The van der Waals surface area contributed by atoms with Gasteiger partial charge in [-0.05, 0) is 32.7 Å². The summed E-state index contributed by atoms with van der Waals surface area (Å²) in [5, 5.41) is 12.3. The van der Waals surface area contributed by atoms with Gasteiger partial charge in [0.15, 0.2) is 0 Å². The minimum atomic E-state index is -0.226. The summed E-state index contributed by atoms with van der Waals surface area (Å²) in [6.45, 7) is 6.30. The third kappa shape index (κ3) is 3.33. The number of hydrogen-bond donors (Lipinski definition) is 2. The lowest BCUT2D eigenvalue weighted by atomic mass is 10.1. The van der Waals surface area contributed by atoms with Gasteiger partial charge >= 0.3 is 6.03 Å². The lowest BCUT2D eigenvalue weighted by Crippen LogP contribution is -2.40. The smallest absolute Gasteiger partial charge is 0.317 e. The van der Waals surface area contributed by atoms with E-state index in [4.69, 9.17) is 0 Å². The highest BCUT2D eigenvalue weighted by Crippen LogP contribution is 2.21. The molecule has 0 radical (unpaired) electrons. The molecule has 2 atom stereocenters. The maximum absolute atomic E-state index is 11.4. The molecule has 2 saturated heterocycles. The molecule has 2 N–H and O–H groups in total. The second kappa shape index (κ2) is 5.69. The Morgan fingerprint density at radius 2 is 2.29 bits per heavy atom. The van der Waals surface area contributed by atoms with Gasteiger partial charge in [0, 0.05) is 32.2 Å². The van der Waals surface area contributed by atoms with E-state index in [9.17, 15) is 9.90 Å². The van der Waals surface area contributed by atoms with Gasteiger partial charge in [0.2, 0.25) is 0 Å². The Kier molecular flexibility index (Phi) is 4.23. The number of aliphatic hydroxyl groups is 1. The zero-order chi connectivity index (χ0) is 12.3. The van der Waals surface area contributed by atoms with Crippen molar-refractivity contribution in [3.05, 3.63) is 0 Å². The van der Waals surface area contributed by atoms with Crippen LogP contribution in [-0.2, 0) is 0 Å². The zero-order valence-corrected chi connectivity index (χ0v) is 10.6. The molecule has 0 aromatic heterocycles. The SMILES string of the molecule is CC(O)CC1CCCN1CCN1CCNC1=O. The van der Waals surface area contributed by atoms with Crippen LogP contribution >= 0.6 is 0 Å². The highest BCUT2D eigenvalue weighted by Gasteiger charge is 2.27. The number of amides is 2. The zero-order valence-electron chi connectivity index (χ0n) is 10.6. The molecule has 2 aliphatic heterocycles. The van der Waals surface area contributed by atoms with Gasteiger partial charge in [-0.2, -0.15) is 0 Å². The molecule has 0 spiro atoms. The van der Waals surface area contributed by atoms with Gasteiger partial charge < -0.3 is 15.3 Å². The molecular formula is C12H23N3O2. The molecule has 2 aliphatic rings. The Hall–Kier alpha value is -0.810. The first-order chi connectivity index (χ1) is 8.16. The van der Waals surface area contributed by atoms with E-state index in [-0.39, 0.29) is 12.1 Å². The van der Waals surface area contributed by atoms with Crippen molar-refractivity contribution in [3.63, 3.8) is 0 Å². The fraction of sp³-hybridized carbons (Fsp3) is 0.917. The van der Waals surface area contributed by atoms with E-state index in [1.54, 1.807) is 0 Å². The Bertz CT molecular complexity index is 270. The molecule has 0 bridgehead atoms. The first kappa shape index (κ1) is 12.6. The maximum Gasteiger partial charge on any atom is 0.317 e. The van der Waals surface area contributed by atoms with Crippen molar-refractivity contribution in [1.29, 1.82) is 0 Å². The maximum atomic E-state index is 11.4. The van der Waals surface area contributed by atoms with Gasteiger partial charge in [-0.25, -0.2) is 4.79 Å². The molecule has 5 nitrogen and oxygen atoms in total. The lowest BCUT2D eigenvalue weighted by molar-refractivity contribution is 0.128. The number of likely N-dealkylation sites (tertiary alicyclic amines) is 1. The van der Waals surface area contributed by atoms with Crippen molar-refractivity contribution in [2.75, 3.05) is 32.7 Å². The summed E-state index contributed by atoms with van der Waals surface area (Å²) in [7, 11) is 0. The van der Waals surface area contributed by atoms with Crippen LogP contribution < -0.4 is 5.32 Å². The lowest BCUT2D eigenvalue weighted by Gasteiger charge is -2.27. The quantitative estimate of drug-likeness (QED) is 0.725. The van der Waals surface area contributed by atoms with Crippen molar-refractivity contribution in [3.8, 4) is 0 Å². The van der Waals surface area contributed by atoms with Crippen LogP contribution in [0.15, 0.2) is 0 Å². The Morgan fingerprint density at radius 3 is 2.94 bits per heavy atom. The van der Waals surface area contributed by atoms with Gasteiger partial charge in [0.25, 0.3) is 0 Å². The van der Waals surface area contributed by atoms with Crippen LogP contribution in [-0.4, -0.2) is 65.8 Å². The summed E-state index contributed by atoms with van der Waals surface area (Å²) in [4.78, 5) is 15.7. The number of hydrogen-bond acceptors (Lipinski definition) is 3. The Balaban J connectivity index is 1.75. The summed E-state index contributed by atoms with van der Waals surface area (Å²) in [5.41, 5.74) is 0. The normalized spacial score (nSPS) is 27.5. The van der Waals surface area contributed by atoms with Crippen LogP contribution in [0.25, 0.3) is 0 Å². The summed E-state index contributed by atoms with van der Waals surface area (Å²) >= 11 is 0. The van der Waals surface area contributed by atoms with Crippen LogP contribution in [0.3, 0.4) is 0 Å². The highest BCUT2D eigenvalue weighted by molar-refractivity contribution is 5.76. The van der Waals surface area contributed by atoms with Gasteiger partial charge in [-0.15, -0.1) is 0 Å². The van der Waals surface area contributed by atoms with Gasteiger partial charge in [-0.1, -0.05) is 0 Å². The topological polar surface area (TPSA) is 55.8 Å². The molecule has 0 aromatic rings. The predicted molar refractivity (Wildman–Crippen MR) is 65.9 cm³/mol. The van der Waals surface area contributed by atoms with E-state index in [1.165, 1.54) is 12.8 Å². The Labute approximate surface area is 103 Å². The second-order valence-corrected chi connectivity index (χ2v) is 5.14. The molecule has 98 valence electrons. The van der Waals surface area contributed by atoms with E-state index < -0.39 is 0 Å². The number of carbonyl (C=O) groups excluding carboxylic acids is 1. The summed E-state index contributed by atoms with van der Waals surface area (Å²) in [6, 6.07) is 0.567. The molecule has 17 heavy (non-hydrogen) atoms. The molecule has 2 rings (SSSR count). The summed E-state index contributed by atoms with van der Waals surface area (Å²) in [5.74, 6) is 0. The van der Waals surface area contributed by atoms with E-state index in [0.717, 1.165) is 39.1 Å². The van der Waals surface area contributed by atoms with E-state index >= 15 is 0 Å². The van der Waals surface area contributed by atoms with Gasteiger partial charge in [0.1, 0.15) is 0 Å². The molecule has 2 fully saturated rings. The highest BCUT2D eigenvalue weighted by atomic mass is 16.3. The van der Waals surface area contributed by atoms with E-state index in [2.05, 4.69) is 10.2 Å². The number of rotatable bonds is 5. The third-order valence-electron chi connectivity index (χ3n) is 3.71. The number of urea groups is 1. The third-order valence-corrected chi connectivity index (χ3v) is 3.71. The number of nitrogens with zero attached hydrogens (tertiary/aromatic N) is 2. The van der Waals surface area contributed by atoms with Crippen LogP contribution in [0.1, 0.15) is 26.2 Å². The standard InChI is InChI=1S/C12H23N3O2/c1-10(16)9-11-3-2-5-14(11)7-8-15-6-4-13-12(15)17/h10-11,16H,2-9H2,1H3,(H,13,17). The van der Waals surface area contributed by atoms with Crippen molar-refractivity contribution in [1.82, 2.24) is 15.1 Å². The molecule has 2 amide bonds. The number of aliphatic hydroxyl groups excluding tert-OH is 1.